The fraction of sp³-hybridized carbons (Fsp3) is 0.474. The van der Waals surface area contributed by atoms with Crippen LogP contribution in [0, 0.1) is 0 Å². The normalized spacial score (nSPS) is 12.2. The minimum absolute atomic E-state index is 0.0152. The number of rotatable bonds is 8. The van der Waals surface area contributed by atoms with E-state index in [1.807, 2.05) is 49.9 Å². The summed E-state index contributed by atoms with van der Waals surface area (Å²) in [6, 6.07) is 7.41. The average molecular weight is 380 g/mol. The van der Waals surface area contributed by atoms with Crippen molar-refractivity contribution in [2.24, 2.45) is 7.05 Å². The van der Waals surface area contributed by atoms with Crippen LogP contribution in [0.15, 0.2) is 41.1 Å². The SMILES string of the molecule is CC(Cl)C(=O)N(CC(=O)N(Cc1ccco1)Cc1cccn1C)C(C)C. The van der Waals surface area contributed by atoms with E-state index >= 15 is 0 Å². The first-order chi connectivity index (χ1) is 12.3. The van der Waals surface area contributed by atoms with Crippen molar-refractivity contribution in [2.75, 3.05) is 6.54 Å². The Hall–Kier alpha value is -2.21. The summed E-state index contributed by atoms with van der Waals surface area (Å²) in [6.45, 7) is 6.12. The number of furan rings is 1. The number of halogens is 1. The van der Waals surface area contributed by atoms with Crippen molar-refractivity contribution in [2.45, 2.75) is 45.3 Å². The Morgan fingerprint density at radius 1 is 1.19 bits per heavy atom. The molecule has 0 N–H and O–H groups in total. The number of alkyl halides is 1. The zero-order chi connectivity index (χ0) is 19.3. The van der Waals surface area contributed by atoms with Crippen molar-refractivity contribution in [1.29, 1.82) is 0 Å². The summed E-state index contributed by atoms with van der Waals surface area (Å²) in [6.07, 6.45) is 3.52. The second-order valence-electron chi connectivity index (χ2n) is 6.62. The first-order valence-electron chi connectivity index (χ1n) is 8.64. The van der Waals surface area contributed by atoms with E-state index < -0.39 is 5.38 Å². The number of carbonyl (C=O) groups excluding carboxylic acids is 2. The van der Waals surface area contributed by atoms with E-state index in [1.165, 1.54) is 4.90 Å². The van der Waals surface area contributed by atoms with E-state index in [1.54, 1.807) is 24.2 Å². The molecular weight excluding hydrogens is 354 g/mol. The fourth-order valence-corrected chi connectivity index (χ4v) is 2.79. The highest BCUT2D eigenvalue weighted by molar-refractivity contribution is 6.30. The first kappa shape index (κ1) is 20.1. The van der Waals surface area contributed by atoms with Crippen LogP contribution >= 0.6 is 11.6 Å². The van der Waals surface area contributed by atoms with Crippen molar-refractivity contribution >= 4 is 23.4 Å². The van der Waals surface area contributed by atoms with Gasteiger partial charge in [-0.05, 0) is 45.0 Å². The molecular formula is C19H26ClN3O3. The van der Waals surface area contributed by atoms with Gasteiger partial charge >= 0.3 is 0 Å². The van der Waals surface area contributed by atoms with Gasteiger partial charge in [0.15, 0.2) is 0 Å². The van der Waals surface area contributed by atoms with Gasteiger partial charge in [0, 0.05) is 25.0 Å². The molecule has 1 unspecified atom stereocenters. The quantitative estimate of drug-likeness (QED) is 0.662. The standard InChI is InChI=1S/C19H26ClN3O3/c1-14(2)23(19(25)15(3)20)13-18(24)22(12-17-8-6-10-26-17)11-16-7-5-9-21(16)4/h5-10,14-15H,11-13H2,1-4H3. The molecule has 0 saturated carbocycles. The average Bonchev–Trinajstić information content (AvgIpc) is 3.23. The van der Waals surface area contributed by atoms with Gasteiger partial charge in [0.2, 0.25) is 11.8 Å². The van der Waals surface area contributed by atoms with Crippen LogP contribution in [-0.2, 0) is 29.7 Å². The van der Waals surface area contributed by atoms with Crippen LogP contribution in [0.2, 0.25) is 0 Å². The highest BCUT2D eigenvalue weighted by atomic mass is 35.5. The summed E-state index contributed by atoms with van der Waals surface area (Å²) in [4.78, 5) is 28.5. The molecule has 0 saturated heterocycles. The molecule has 142 valence electrons. The minimum Gasteiger partial charge on any atom is -0.467 e. The van der Waals surface area contributed by atoms with Gasteiger partial charge in [0.05, 0.1) is 19.4 Å². The van der Waals surface area contributed by atoms with Gasteiger partial charge < -0.3 is 18.8 Å². The molecule has 0 aliphatic heterocycles. The predicted molar refractivity (Wildman–Crippen MR) is 101 cm³/mol. The largest absolute Gasteiger partial charge is 0.467 e. The smallest absolute Gasteiger partial charge is 0.242 e. The molecule has 6 nitrogen and oxygen atoms in total. The molecule has 2 rings (SSSR count). The van der Waals surface area contributed by atoms with Crippen molar-refractivity contribution in [3.8, 4) is 0 Å². The highest BCUT2D eigenvalue weighted by Gasteiger charge is 2.26. The maximum Gasteiger partial charge on any atom is 0.242 e. The molecule has 0 radical (unpaired) electrons. The molecule has 0 aliphatic rings. The third kappa shape index (κ3) is 5.14. The van der Waals surface area contributed by atoms with Crippen molar-refractivity contribution < 1.29 is 14.0 Å². The summed E-state index contributed by atoms with van der Waals surface area (Å²) in [5.41, 5.74) is 0.998. The molecule has 0 bridgehead atoms. The third-order valence-electron chi connectivity index (χ3n) is 4.24. The van der Waals surface area contributed by atoms with Crippen LogP contribution < -0.4 is 0 Å². The van der Waals surface area contributed by atoms with Gasteiger partial charge in [-0.25, -0.2) is 0 Å². The number of amides is 2. The Balaban J connectivity index is 2.18. The molecule has 2 aromatic heterocycles. The Bertz CT molecular complexity index is 722. The summed E-state index contributed by atoms with van der Waals surface area (Å²) in [5, 5.41) is -0.670. The second kappa shape index (κ2) is 8.94. The summed E-state index contributed by atoms with van der Waals surface area (Å²) >= 11 is 5.95. The zero-order valence-corrected chi connectivity index (χ0v) is 16.4. The molecule has 0 spiro atoms. The molecule has 2 heterocycles. The summed E-state index contributed by atoms with van der Waals surface area (Å²) in [5.74, 6) is 0.300. The van der Waals surface area contributed by atoms with Gasteiger partial charge in [-0.15, -0.1) is 11.6 Å². The highest BCUT2D eigenvalue weighted by Crippen LogP contribution is 2.13. The lowest BCUT2D eigenvalue weighted by atomic mass is 10.2. The first-order valence-corrected chi connectivity index (χ1v) is 9.08. The summed E-state index contributed by atoms with van der Waals surface area (Å²) in [7, 11) is 1.93. The lowest BCUT2D eigenvalue weighted by molar-refractivity contribution is -0.142. The van der Waals surface area contributed by atoms with Gasteiger partial charge in [0.1, 0.15) is 17.7 Å². The van der Waals surface area contributed by atoms with E-state index in [2.05, 4.69) is 0 Å². The number of hydrogen-bond acceptors (Lipinski definition) is 3. The predicted octanol–water partition coefficient (Wildman–Crippen LogP) is 3.01. The molecule has 26 heavy (non-hydrogen) atoms. The van der Waals surface area contributed by atoms with E-state index in [9.17, 15) is 9.59 Å². The number of aryl methyl sites for hydroxylation is 1. The van der Waals surface area contributed by atoms with E-state index in [-0.39, 0.29) is 24.4 Å². The van der Waals surface area contributed by atoms with E-state index in [0.29, 0.717) is 18.8 Å². The van der Waals surface area contributed by atoms with Crippen LogP contribution in [-0.4, -0.2) is 44.1 Å². The lowest BCUT2D eigenvalue weighted by Crippen LogP contribution is -2.47. The summed E-state index contributed by atoms with van der Waals surface area (Å²) < 4.78 is 7.37. The monoisotopic (exact) mass is 379 g/mol. The van der Waals surface area contributed by atoms with Crippen molar-refractivity contribution in [3.63, 3.8) is 0 Å². The van der Waals surface area contributed by atoms with Gasteiger partial charge in [-0.1, -0.05) is 0 Å². The lowest BCUT2D eigenvalue weighted by Gasteiger charge is -2.30. The number of hydrogen-bond donors (Lipinski definition) is 0. The molecule has 7 heteroatoms. The maximum atomic E-state index is 13.0. The van der Waals surface area contributed by atoms with Crippen LogP contribution in [0.5, 0.6) is 0 Å². The van der Waals surface area contributed by atoms with Crippen molar-refractivity contribution in [3.05, 3.63) is 48.2 Å². The van der Waals surface area contributed by atoms with E-state index in [4.69, 9.17) is 16.0 Å². The third-order valence-corrected chi connectivity index (χ3v) is 4.42. The van der Waals surface area contributed by atoms with Gasteiger partial charge in [-0.2, -0.15) is 0 Å². The van der Waals surface area contributed by atoms with Crippen LogP contribution in [0.3, 0.4) is 0 Å². The number of carbonyl (C=O) groups is 2. The molecule has 2 aromatic rings. The second-order valence-corrected chi connectivity index (χ2v) is 7.27. The van der Waals surface area contributed by atoms with Crippen LogP contribution in [0.25, 0.3) is 0 Å². The molecule has 0 aromatic carbocycles. The number of nitrogens with zero attached hydrogens (tertiary/aromatic N) is 3. The van der Waals surface area contributed by atoms with Crippen LogP contribution in [0.1, 0.15) is 32.2 Å². The van der Waals surface area contributed by atoms with Gasteiger partial charge in [0.25, 0.3) is 0 Å². The Morgan fingerprint density at radius 3 is 2.42 bits per heavy atom. The fourth-order valence-electron chi connectivity index (χ4n) is 2.67. The Labute approximate surface area is 159 Å². The Morgan fingerprint density at radius 2 is 1.92 bits per heavy atom. The molecule has 2 amide bonds. The van der Waals surface area contributed by atoms with Gasteiger partial charge in [-0.3, -0.25) is 9.59 Å². The van der Waals surface area contributed by atoms with E-state index in [0.717, 1.165) is 5.69 Å². The maximum absolute atomic E-state index is 13.0. The molecule has 0 fully saturated rings. The van der Waals surface area contributed by atoms with Crippen molar-refractivity contribution in [1.82, 2.24) is 14.4 Å². The minimum atomic E-state index is -0.670. The molecule has 1 atom stereocenters. The topological polar surface area (TPSA) is 58.7 Å². The van der Waals surface area contributed by atoms with Crippen LogP contribution in [0.4, 0.5) is 0 Å². The number of aromatic nitrogens is 1. The molecule has 0 aliphatic carbocycles. The Kier molecular flexibility index (Phi) is 6.91. The zero-order valence-electron chi connectivity index (χ0n) is 15.7.